The Morgan fingerprint density at radius 1 is 0.857 bits per heavy atom. The first-order valence-corrected chi connectivity index (χ1v) is 9.53. The van der Waals surface area contributed by atoms with Gasteiger partial charge in [0, 0.05) is 22.0 Å². The minimum absolute atomic E-state index is 0.103. The van der Waals surface area contributed by atoms with E-state index in [0.29, 0.717) is 27.8 Å². The summed E-state index contributed by atoms with van der Waals surface area (Å²) < 4.78 is 5.92. The van der Waals surface area contributed by atoms with Gasteiger partial charge in [-0.05, 0) is 28.8 Å². The fraction of sp³-hybridized carbons (Fsp3) is 0.0870. The number of fused-ring (bicyclic) bond motifs is 1. The van der Waals surface area contributed by atoms with Crippen molar-refractivity contribution in [2.45, 2.75) is 12.3 Å². The molecule has 4 rings (SSSR count). The van der Waals surface area contributed by atoms with Gasteiger partial charge in [-0.3, -0.25) is 0 Å². The Morgan fingerprint density at radius 3 is 2.21 bits per heavy atom. The average Bonchev–Trinajstić information content (AvgIpc) is 2.70. The van der Waals surface area contributed by atoms with Gasteiger partial charge in [0.2, 0.25) is 5.88 Å². The topological polar surface area (TPSA) is 59.0 Å². The van der Waals surface area contributed by atoms with Crippen molar-refractivity contribution in [3.8, 4) is 11.8 Å². The van der Waals surface area contributed by atoms with Gasteiger partial charge in [0.05, 0.1) is 5.92 Å². The maximum atomic E-state index is 9.72. The molecule has 0 spiro atoms. The Kier molecular flexibility index (Phi) is 5.00. The second-order valence-electron chi connectivity index (χ2n) is 6.55. The van der Waals surface area contributed by atoms with Crippen molar-refractivity contribution in [1.29, 1.82) is 5.26 Å². The van der Waals surface area contributed by atoms with Crippen LogP contribution in [0, 0.1) is 11.3 Å². The molecule has 138 valence electrons. The van der Waals surface area contributed by atoms with Crippen molar-refractivity contribution in [2.75, 3.05) is 0 Å². The van der Waals surface area contributed by atoms with Crippen LogP contribution >= 0.6 is 23.2 Å². The third-order valence-electron chi connectivity index (χ3n) is 4.88. The number of hydrogen-bond donors (Lipinski definition) is 1. The number of hydrogen-bond acceptors (Lipinski definition) is 3. The molecule has 1 heterocycles. The summed E-state index contributed by atoms with van der Waals surface area (Å²) in [4.78, 5) is 0. The SMILES string of the molecule is N#CC1=C(N)Oc2c(Cc3ccccc3Cl)cccc2[C@H]1c1ccccc1Cl. The molecule has 0 saturated carbocycles. The molecule has 0 aromatic heterocycles. The number of benzene rings is 3. The summed E-state index contributed by atoms with van der Waals surface area (Å²) in [7, 11) is 0. The molecule has 2 N–H and O–H groups in total. The smallest absolute Gasteiger partial charge is 0.205 e. The van der Waals surface area contributed by atoms with E-state index in [1.54, 1.807) is 0 Å². The van der Waals surface area contributed by atoms with E-state index < -0.39 is 0 Å². The van der Waals surface area contributed by atoms with Gasteiger partial charge in [-0.1, -0.05) is 77.8 Å². The summed E-state index contributed by atoms with van der Waals surface area (Å²) in [5.41, 5.74) is 10.1. The zero-order chi connectivity index (χ0) is 19.7. The molecule has 0 radical (unpaired) electrons. The molecule has 0 unspecified atom stereocenters. The average molecular weight is 407 g/mol. The number of para-hydroxylation sites is 1. The fourth-order valence-corrected chi connectivity index (χ4v) is 4.00. The standard InChI is InChI=1S/C23H16Cl2N2O/c24-19-10-3-1-6-14(19)12-15-7-5-9-17-21(16-8-2-4-11-20(16)25)18(13-26)23(27)28-22(15)17/h1-11,21H,12,27H2/t21-/m1/s1. The Labute approximate surface area is 173 Å². The normalized spacial score (nSPS) is 15.5. The van der Waals surface area contributed by atoms with Crippen LogP contribution in [0.2, 0.25) is 10.0 Å². The first kappa shape index (κ1) is 18.4. The fourth-order valence-electron chi connectivity index (χ4n) is 3.56. The molecule has 1 atom stereocenters. The van der Waals surface area contributed by atoms with Crippen LogP contribution in [0.15, 0.2) is 78.2 Å². The summed E-state index contributed by atoms with van der Waals surface area (Å²) in [5, 5.41) is 11.0. The quantitative estimate of drug-likeness (QED) is 0.597. The molecule has 3 nitrogen and oxygen atoms in total. The molecule has 0 bridgehead atoms. The molecule has 0 saturated heterocycles. The molecular weight excluding hydrogens is 391 g/mol. The summed E-state index contributed by atoms with van der Waals surface area (Å²) in [6.45, 7) is 0. The lowest BCUT2D eigenvalue weighted by Gasteiger charge is -2.28. The van der Waals surface area contributed by atoms with Gasteiger partial charge in [-0.2, -0.15) is 5.26 Å². The zero-order valence-electron chi connectivity index (χ0n) is 14.8. The van der Waals surface area contributed by atoms with Crippen LogP contribution in [0.25, 0.3) is 0 Å². The van der Waals surface area contributed by atoms with Gasteiger partial charge in [0.15, 0.2) is 0 Å². The number of allylic oxidation sites excluding steroid dienone is 1. The van der Waals surface area contributed by atoms with Crippen LogP contribution in [-0.2, 0) is 6.42 Å². The second-order valence-corrected chi connectivity index (χ2v) is 7.36. The minimum atomic E-state index is -0.381. The van der Waals surface area contributed by atoms with Gasteiger partial charge in [-0.25, -0.2) is 0 Å². The lowest BCUT2D eigenvalue weighted by atomic mass is 9.82. The van der Waals surface area contributed by atoms with E-state index in [9.17, 15) is 5.26 Å². The molecule has 3 aromatic carbocycles. The molecule has 1 aliphatic rings. The van der Waals surface area contributed by atoms with Crippen LogP contribution in [0.1, 0.15) is 28.2 Å². The number of nitriles is 1. The van der Waals surface area contributed by atoms with Gasteiger partial charge >= 0.3 is 0 Å². The predicted molar refractivity (Wildman–Crippen MR) is 111 cm³/mol. The number of halogens is 2. The predicted octanol–water partition coefficient (Wildman–Crippen LogP) is 5.80. The van der Waals surface area contributed by atoms with Crippen molar-refractivity contribution >= 4 is 23.2 Å². The molecule has 28 heavy (non-hydrogen) atoms. The summed E-state index contributed by atoms with van der Waals surface area (Å²) in [6.07, 6.45) is 0.591. The van der Waals surface area contributed by atoms with Crippen molar-refractivity contribution in [2.24, 2.45) is 5.73 Å². The third-order valence-corrected chi connectivity index (χ3v) is 5.59. The Balaban J connectivity index is 1.87. The van der Waals surface area contributed by atoms with Crippen LogP contribution < -0.4 is 10.5 Å². The van der Waals surface area contributed by atoms with E-state index in [2.05, 4.69) is 6.07 Å². The molecule has 0 aliphatic carbocycles. The highest BCUT2D eigenvalue weighted by atomic mass is 35.5. The van der Waals surface area contributed by atoms with Gasteiger partial charge < -0.3 is 10.5 Å². The van der Waals surface area contributed by atoms with Crippen molar-refractivity contribution < 1.29 is 4.74 Å². The van der Waals surface area contributed by atoms with E-state index in [1.165, 1.54) is 0 Å². The molecule has 3 aromatic rings. The Morgan fingerprint density at radius 2 is 1.50 bits per heavy atom. The van der Waals surface area contributed by atoms with E-state index in [1.807, 2.05) is 66.7 Å². The van der Waals surface area contributed by atoms with Gasteiger partial charge in [0.25, 0.3) is 0 Å². The lowest BCUT2D eigenvalue weighted by molar-refractivity contribution is 0.390. The van der Waals surface area contributed by atoms with Crippen molar-refractivity contribution in [3.63, 3.8) is 0 Å². The van der Waals surface area contributed by atoms with E-state index in [4.69, 9.17) is 33.7 Å². The van der Waals surface area contributed by atoms with Crippen molar-refractivity contribution in [3.05, 3.63) is 110 Å². The zero-order valence-corrected chi connectivity index (χ0v) is 16.3. The van der Waals surface area contributed by atoms with Crippen LogP contribution in [0.4, 0.5) is 0 Å². The van der Waals surface area contributed by atoms with Crippen molar-refractivity contribution in [1.82, 2.24) is 0 Å². The maximum absolute atomic E-state index is 9.72. The van der Waals surface area contributed by atoms with E-state index >= 15 is 0 Å². The first-order valence-electron chi connectivity index (χ1n) is 8.77. The largest absolute Gasteiger partial charge is 0.440 e. The van der Waals surface area contributed by atoms with E-state index in [0.717, 1.165) is 22.3 Å². The Bertz CT molecular complexity index is 1130. The third kappa shape index (κ3) is 3.22. The summed E-state index contributed by atoms with van der Waals surface area (Å²) in [6, 6.07) is 23.3. The lowest BCUT2D eigenvalue weighted by Crippen LogP contribution is -2.22. The Hall–Kier alpha value is -2.93. The van der Waals surface area contributed by atoms with Crippen LogP contribution in [-0.4, -0.2) is 0 Å². The first-order chi connectivity index (χ1) is 13.6. The maximum Gasteiger partial charge on any atom is 0.205 e. The number of rotatable bonds is 3. The summed E-state index contributed by atoms with van der Waals surface area (Å²) >= 11 is 12.8. The molecule has 5 heteroatoms. The highest BCUT2D eigenvalue weighted by Gasteiger charge is 2.33. The monoisotopic (exact) mass is 406 g/mol. The summed E-state index contributed by atoms with van der Waals surface area (Å²) in [5.74, 6) is 0.379. The number of nitrogens with zero attached hydrogens (tertiary/aromatic N) is 1. The van der Waals surface area contributed by atoms with Gasteiger partial charge in [-0.15, -0.1) is 0 Å². The van der Waals surface area contributed by atoms with E-state index in [-0.39, 0.29) is 11.8 Å². The van der Waals surface area contributed by atoms with Gasteiger partial charge in [0.1, 0.15) is 17.4 Å². The van der Waals surface area contributed by atoms with Crippen LogP contribution in [0.3, 0.4) is 0 Å². The van der Waals surface area contributed by atoms with Crippen LogP contribution in [0.5, 0.6) is 5.75 Å². The molecular formula is C23H16Cl2N2O. The number of ether oxygens (including phenoxy) is 1. The minimum Gasteiger partial charge on any atom is -0.440 e. The highest BCUT2D eigenvalue weighted by molar-refractivity contribution is 6.31. The number of nitrogens with two attached hydrogens (primary N) is 1. The highest BCUT2D eigenvalue weighted by Crippen LogP contribution is 2.45. The second kappa shape index (κ2) is 7.59. The molecule has 0 amide bonds. The molecule has 1 aliphatic heterocycles. The molecule has 0 fully saturated rings.